The number of guanidine groups is 1. The van der Waals surface area contributed by atoms with Gasteiger partial charge in [-0.3, -0.25) is 4.79 Å². The first-order chi connectivity index (χ1) is 9.65. The molecule has 0 atom stereocenters. The van der Waals surface area contributed by atoms with Gasteiger partial charge < -0.3 is 15.5 Å². The van der Waals surface area contributed by atoms with Gasteiger partial charge in [-0.05, 0) is 37.3 Å². The Labute approximate surface area is 124 Å². The van der Waals surface area contributed by atoms with Gasteiger partial charge in [0, 0.05) is 31.1 Å². The van der Waals surface area contributed by atoms with Crippen LogP contribution in [0, 0.1) is 0 Å². The summed E-state index contributed by atoms with van der Waals surface area (Å²) < 4.78 is 0. The van der Waals surface area contributed by atoms with Gasteiger partial charge in [-0.25, -0.2) is 4.99 Å². The maximum absolute atomic E-state index is 12.2. The van der Waals surface area contributed by atoms with Crippen molar-refractivity contribution in [3.63, 3.8) is 0 Å². The zero-order valence-electron chi connectivity index (χ0n) is 12.1. The highest BCUT2D eigenvalue weighted by Crippen LogP contribution is 2.23. The summed E-state index contributed by atoms with van der Waals surface area (Å²) in [6.45, 7) is 7.30. The Morgan fingerprint density at radius 1 is 1.50 bits per heavy atom. The summed E-state index contributed by atoms with van der Waals surface area (Å²) >= 11 is 1.78. The number of carbonyl (C=O) groups excluding carboxylic acids is 1. The Morgan fingerprint density at radius 3 is 2.95 bits per heavy atom. The largest absolute Gasteiger partial charge is 0.370 e. The van der Waals surface area contributed by atoms with Crippen LogP contribution in [0.2, 0.25) is 0 Å². The molecule has 0 spiro atoms. The summed E-state index contributed by atoms with van der Waals surface area (Å²) in [6, 6.07) is 2.10. The van der Waals surface area contributed by atoms with Crippen LogP contribution < -0.4 is 5.73 Å². The average molecular weight is 294 g/mol. The molecule has 5 nitrogen and oxygen atoms in total. The van der Waals surface area contributed by atoms with Crippen molar-refractivity contribution in [1.29, 1.82) is 0 Å². The molecule has 1 aliphatic heterocycles. The maximum atomic E-state index is 12.2. The van der Waals surface area contributed by atoms with Crippen LogP contribution in [0.1, 0.15) is 24.3 Å². The molecule has 2 heterocycles. The predicted molar refractivity (Wildman–Crippen MR) is 82.9 cm³/mol. The molecule has 0 saturated heterocycles. The molecule has 2 N–H and O–H groups in total. The van der Waals surface area contributed by atoms with E-state index in [1.165, 1.54) is 10.4 Å². The normalized spacial score (nSPS) is 15.1. The molecule has 2 rings (SSSR count). The molecular weight excluding hydrogens is 272 g/mol. The van der Waals surface area contributed by atoms with Gasteiger partial charge in [0.25, 0.3) is 0 Å². The van der Waals surface area contributed by atoms with E-state index >= 15 is 0 Å². The van der Waals surface area contributed by atoms with Crippen molar-refractivity contribution in [3.05, 3.63) is 21.9 Å². The number of carbonyl (C=O) groups is 1. The van der Waals surface area contributed by atoms with Gasteiger partial charge in [0.1, 0.15) is 6.54 Å². The second-order valence-electron chi connectivity index (χ2n) is 4.78. The summed E-state index contributed by atoms with van der Waals surface area (Å²) in [4.78, 5) is 21.6. The zero-order valence-corrected chi connectivity index (χ0v) is 12.9. The van der Waals surface area contributed by atoms with Crippen molar-refractivity contribution in [2.24, 2.45) is 10.7 Å². The van der Waals surface area contributed by atoms with Crippen molar-refractivity contribution < 1.29 is 4.79 Å². The molecule has 1 amide bonds. The first-order valence-electron chi connectivity index (χ1n) is 7.03. The van der Waals surface area contributed by atoms with Crippen LogP contribution >= 0.6 is 11.3 Å². The lowest BCUT2D eigenvalue weighted by Gasteiger charge is -2.26. The molecule has 6 heteroatoms. The molecule has 20 heavy (non-hydrogen) atoms. The molecule has 1 aromatic heterocycles. The van der Waals surface area contributed by atoms with Gasteiger partial charge in [0.2, 0.25) is 5.91 Å². The van der Waals surface area contributed by atoms with E-state index in [2.05, 4.69) is 16.4 Å². The third-order valence-electron chi connectivity index (χ3n) is 3.62. The number of hydrogen-bond acceptors (Lipinski definition) is 3. The van der Waals surface area contributed by atoms with Crippen molar-refractivity contribution >= 4 is 23.2 Å². The highest BCUT2D eigenvalue weighted by Gasteiger charge is 2.21. The number of rotatable bonds is 4. The molecular formula is C14H22N4OS. The van der Waals surface area contributed by atoms with Crippen molar-refractivity contribution in [1.82, 2.24) is 9.80 Å². The minimum Gasteiger partial charge on any atom is -0.370 e. The molecule has 0 aliphatic carbocycles. The first kappa shape index (κ1) is 14.8. The Hall–Kier alpha value is -1.56. The number of fused-ring (bicyclic) bond motifs is 1. The number of nitrogens with two attached hydrogens (primary N) is 1. The second kappa shape index (κ2) is 6.74. The average Bonchev–Trinajstić information content (AvgIpc) is 2.93. The van der Waals surface area contributed by atoms with Gasteiger partial charge in [0.05, 0.1) is 0 Å². The monoisotopic (exact) mass is 294 g/mol. The first-order valence-corrected chi connectivity index (χ1v) is 7.91. The highest BCUT2D eigenvalue weighted by atomic mass is 32.1. The molecule has 0 bridgehead atoms. The Balaban J connectivity index is 1.91. The zero-order chi connectivity index (χ0) is 14.5. The molecule has 0 aromatic carbocycles. The van der Waals surface area contributed by atoms with Gasteiger partial charge in [-0.2, -0.15) is 0 Å². The van der Waals surface area contributed by atoms with Gasteiger partial charge in [0.15, 0.2) is 5.96 Å². The van der Waals surface area contributed by atoms with Gasteiger partial charge in [-0.1, -0.05) is 0 Å². The van der Waals surface area contributed by atoms with Crippen LogP contribution in [-0.4, -0.2) is 47.8 Å². The molecule has 110 valence electrons. The Morgan fingerprint density at radius 2 is 2.25 bits per heavy atom. The van der Waals surface area contributed by atoms with E-state index in [-0.39, 0.29) is 12.5 Å². The topological polar surface area (TPSA) is 61.9 Å². The lowest BCUT2D eigenvalue weighted by atomic mass is 10.1. The summed E-state index contributed by atoms with van der Waals surface area (Å²) in [5, 5.41) is 2.09. The maximum Gasteiger partial charge on any atom is 0.244 e. The molecule has 0 radical (unpaired) electrons. The van der Waals surface area contributed by atoms with Crippen LogP contribution in [0.4, 0.5) is 0 Å². The van der Waals surface area contributed by atoms with Crippen molar-refractivity contribution in [2.45, 2.75) is 26.8 Å². The number of hydrogen-bond donors (Lipinski definition) is 1. The molecule has 0 fully saturated rings. The minimum atomic E-state index is 0.0527. The summed E-state index contributed by atoms with van der Waals surface area (Å²) in [5.74, 6) is 0.508. The Kier molecular flexibility index (Phi) is 5.00. The standard InChI is InChI=1S/C14H22N4OS/c1-3-17(4-2)14(15)16-9-13(19)18-7-5-12-11(10-18)6-8-20-12/h6,8H,3-5,7,9-10H2,1-2H3,(H2,15,16). The fourth-order valence-corrected chi connectivity index (χ4v) is 3.25. The molecule has 1 aliphatic rings. The Bertz CT molecular complexity index is 493. The number of nitrogens with zero attached hydrogens (tertiary/aromatic N) is 3. The summed E-state index contributed by atoms with van der Waals surface area (Å²) in [5.41, 5.74) is 7.16. The van der Waals surface area contributed by atoms with E-state index in [4.69, 9.17) is 5.73 Å². The van der Waals surface area contributed by atoms with E-state index in [0.29, 0.717) is 12.5 Å². The smallest absolute Gasteiger partial charge is 0.244 e. The van der Waals surface area contributed by atoms with Gasteiger partial charge in [-0.15, -0.1) is 11.3 Å². The molecule has 1 aromatic rings. The quantitative estimate of drug-likeness (QED) is 0.672. The van der Waals surface area contributed by atoms with E-state index in [9.17, 15) is 4.79 Å². The molecule has 0 saturated carbocycles. The molecule has 0 unspecified atom stereocenters. The number of aliphatic imine (C=N–C) groups is 1. The van der Waals surface area contributed by atoms with Gasteiger partial charge >= 0.3 is 0 Å². The van der Waals surface area contributed by atoms with Crippen LogP contribution in [-0.2, 0) is 17.8 Å². The SMILES string of the molecule is CCN(CC)C(N)=NCC(=O)N1CCc2sccc2C1. The fraction of sp³-hybridized carbons (Fsp3) is 0.571. The van der Waals surface area contributed by atoms with E-state index in [0.717, 1.165) is 26.1 Å². The minimum absolute atomic E-state index is 0.0527. The summed E-state index contributed by atoms with van der Waals surface area (Å²) in [7, 11) is 0. The van der Waals surface area contributed by atoms with Crippen LogP contribution in [0.15, 0.2) is 16.4 Å². The third-order valence-corrected chi connectivity index (χ3v) is 4.65. The van der Waals surface area contributed by atoms with Crippen LogP contribution in [0.5, 0.6) is 0 Å². The van der Waals surface area contributed by atoms with Crippen LogP contribution in [0.3, 0.4) is 0 Å². The van der Waals surface area contributed by atoms with Crippen molar-refractivity contribution in [2.75, 3.05) is 26.2 Å². The number of thiophene rings is 1. The summed E-state index contributed by atoms with van der Waals surface area (Å²) in [6.07, 6.45) is 0.952. The highest BCUT2D eigenvalue weighted by molar-refractivity contribution is 7.10. The predicted octanol–water partition coefficient (Wildman–Crippen LogP) is 1.29. The number of amides is 1. The van der Waals surface area contributed by atoms with Crippen molar-refractivity contribution in [3.8, 4) is 0 Å². The van der Waals surface area contributed by atoms with Crippen LogP contribution in [0.25, 0.3) is 0 Å². The fourth-order valence-electron chi connectivity index (χ4n) is 2.36. The van der Waals surface area contributed by atoms with E-state index < -0.39 is 0 Å². The lowest BCUT2D eigenvalue weighted by Crippen LogP contribution is -2.40. The second-order valence-corrected chi connectivity index (χ2v) is 5.78. The third kappa shape index (κ3) is 3.30. The van der Waals surface area contributed by atoms with E-state index in [1.54, 1.807) is 11.3 Å². The van der Waals surface area contributed by atoms with E-state index in [1.807, 2.05) is 23.6 Å². The lowest BCUT2D eigenvalue weighted by molar-refractivity contribution is -0.130.